The van der Waals surface area contributed by atoms with Gasteiger partial charge in [0.15, 0.2) is 5.78 Å². The van der Waals surface area contributed by atoms with Crippen LogP contribution in [0.15, 0.2) is 30.0 Å². The third-order valence-electron chi connectivity index (χ3n) is 8.18. The average Bonchev–Trinajstić information content (AvgIpc) is 3.18. The maximum atomic E-state index is 13.5. The zero-order valence-electron chi connectivity index (χ0n) is 17.9. The highest BCUT2D eigenvalue weighted by molar-refractivity contribution is 6.06. The molecule has 4 nitrogen and oxygen atoms in total. The van der Waals surface area contributed by atoms with E-state index in [2.05, 4.69) is 43.2 Å². The van der Waals surface area contributed by atoms with Gasteiger partial charge in [-0.05, 0) is 91.7 Å². The summed E-state index contributed by atoms with van der Waals surface area (Å²) < 4.78 is 7.32. The van der Waals surface area contributed by atoms with Gasteiger partial charge in [0.1, 0.15) is 5.75 Å². The third kappa shape index (κ3) is 2.72. The number of hydrogen-bond donors (Lipinski definition) is 0. The summed E-state index contributed by atoms with van der Waals surface area (Å²) in [5.41, 5.74) is 5.94. The van der Waals surface area contributed by atoms with Crippen LogP contribution in [0, 0.1) is 24.2 Å². The van der Waals surface area contributed by atoms with Crippen LogP contribution in [0.25, 0.3) is 6.08 Å². The number of carbonyl (C=O) groups excluding carboxylic acids is 1. The summed E-state index contributed by atoms with van der Waals surface area (Å²) in [6, 6.07) is 6.60. The molecule has 0 radical (unpaired) electrons. The molecular formula is C25H30N2O2. The Bertz CT molecular complexity index is 1020. The minimum absolute atomic E-state index is 0.201. The first kappa shape index (κ1) is 18.7. The Labute approximate surface area is 173 Å². The molecule has 4 heteroatoms. The lowest BCUT2D eigenvalue weighted by atomic mass is 9.55. The summed E-state index contributed by atoms with van der Waals surface area (Å²) in [4.78, 5) is 13.5. The lowest BCUT2D eigenvalue weighted by Gasteiger charge is -2.48. The van der Waals surface area contributed by atoms with Gasteiger partial charge in [-0.15, -0.1) is 0 Å². The molecule has 4 atom stereocenters. The Morgan fingerprint density at radius 3 is 2.86 bits per heavy atom. The first-order valence-electron chi connectivity index (χ1n) is 10.8. The summed E-state index contributed by atoms with van der Waals surface area (Å²) in [7, 11) is 3.69. The van der Waals surface area contributed by atoms with Crippen LogP contribution in [0.5, 0.6) is 5.75 Å². The topological polar surface area (TPSA) is 44.1 Å². The Balaban J connectivity index is 1.48. The average molecular weight is 391 g/mol. The van der Waals surface area contributed by atoms with Crippen molar-refractivity contribution in [1.82, 2.24) is 9.78 Å². The van der Waals surface area contributed by atoms with Crippen molar-refractivity contribution in [2.75, 3.05) is 7.11 Å². The smallest absolute Gasteiger partial charge is 0.165 e. The fourth-order valence-corrected chi connectivity index (χ4v) is 6.33. The molecule has 3 aliphatic rings. The maximum absolute atomic E-state index is 13.5. The number of hydrogen-bond acceptors (Lipinski definition) is 3. The lowest BCUT2D eigenvalue weighted by molar-refractivity contribution is -0.127. The number of nitrogens with zero attached hydrogens (tertiary/aromatic N) is 2. The zero-order chi connectivity index (χ0) is 20.3. The van der Waals surface area contributed by atoms with Crippen LogP contribution in [0.3, 0.4) is 0 Å². The number of Topliss-reactive ketones (excluding diaryl/α,β-unsaturated/α-hetero) is 1. The van der Waals surface area contributed by atoms with E-state index in [1.807, 2.05) is 17.9 Å². The number of rotatable bonds is 2. The van der Waals surface area contributed by atoms with E-state index in [1.165, 1.54) is 17.5 Å². The minimum atomic E-state index is -0.201. The fourth-order valence-electron chi connectivity index (χ4n) is 6.33. The zero-order valence-corrected chi connectivity index (χ0v) is 17.9. The molecule has 2 aromatic rings. The fraction of sp³-hybridized carbons (Fsp3) is 0.520. The molecule has 0 amide bonds. The van der Waals surface area contributed by atoms with E-state index < -0.39 is 0 Å². The van der Waals surface area contributed by atoms with E-state index in [0.29, 0.717) is 23.5 Å². The molecule has 2 fully saturated rings. The number of ether oxygens (including phenoxy) is 1. The molecule has 0 bridgehead atoms. The summed E-state index contributed by atoms with van der Waals surface area (Å²) in [5.74, 6) is 2.96. The molecule has 4 unspecified atom stereocenters. The molecule has 0 aliphatic heterocycles. The van der Waals surface area contributed by atoms with Crippen LogP contribution < -0.4 is 4.74 Å². The van der Waals surface area contributed by atoms with Gasteiger partial charge in [0.2, 0.25) is 0 Å². The Morgan fingerprint density at radius 1 is 1.31 bits per heavy atom. The van der Waals surface area contributed by atoms with Crippen molar-refractivity contribution in [3.63, 3.8) is 0 Å². The molecule has 1 heterocycles. The Kier molecular flexibility index (Phi) is 4.23. The van der Waals surface area contributed by atoms with Crippen LogP contribution in [-0.2, 0) is 18.3 Å². The number of carbonyl (C=O) groups is 1. The molecule has 5 rings (SSSR count). The van der Waals surface area contributed by atoms with Crippen LogP contribution in [0.4, 0.5) is 0 Å². The van der Waals surface area contributed by atoms with Gasteiger partial charge in [-0.2, -0.15) is 5.10 Å². The van der Waals surface area contributed by atoms with Gasteiger partial charge < -0.3 is 4.74 Å². The second-order valence-electron chi connectivity index (χ2n) is 9.45. The van der Waals surface area contributed by atoms with Crippen LogP contribution in [0.1, 0.15) is 60.9 Å². The summed E-state index contributed by atoms with van der Waals surface area (Å²) in [5, 5.41) is 4.35. The maximum Gasteiger partial charge on any atom is 0.165 e. The predicted molar refractivity (Wildman–Crippen MR) is 114 cm³/mol. The van der Waals surface area contributed by atoms with Crippen LogP contribution in [0.2, 0.25) is 0 Å². The highest BCUT2D eigenvalue weighted by atomic mass is 16.5. The van der Waals surface area contributed by atoms with Crippen molar-refractivity contribution < 1.29 is 9.53 Å². The molecular weight excluding hydrogens is 360 g/mol. The molecule has 0 saturated heterocycles. The first-order valence-corrected chi connectivity index (χ1v) is 10.8. The van der Waals surface area contributed by atoms with Crippen LogP contribution in [-0.4, -0.2) is 22.7 Å². The molecule has 3 aliphatic carbocycles. The summed E-state index contributed by atoms with van der Waals surface area (Å²) >= 11 is 0. The molecule has 0 spiro atoms. The van der Waals surface area contributed by atoms with Crippen molar-refractivity contribution in [3.05, 3.63) is 52.4 Å². The van der Waals surface area contributed by atoms with Crippen molar-refractivity contribution in [3.8, 4) is 5.75 Å². The van der Waals surface area contributed by atoms with E-state index in [1.54, 1.807) is 7.11 Å². The molecule has 0 N–H and O–H groups in total. The van der Waals surface area contributed by atoms with Gasteiger partial charge in [-0.3, -0.25) is 9.48 Å². The van der Waals surface area contributed by atoms with Gasteiger partial charge in [0.25, 0.3) is 0 Å². The number of aryl methyl sites for hydroxylation is 2. The van der Waals surface area contributed by atoms with Gasteiger partial charge in [-0.1, -0.05) is 13.0 Å². The van der Waals surface area contributed by atoms with Gasteiger partial charge in [0, 0.05) is 23.7 Å². The third-order valence-corrected chi connectivity index (χ3v) is 8.18. The minimum Gasteiger partial charge on any atom is -0.497 e. The van der Waals surface area contributed by atoms with Crippen molar-refractivity contribution in [2.45, 2.75) is 51.9 Å². The second kappa shape index (κ2) is 6.58. The quantitative estimate of drug-likeness (QED) is 0.688. The van der Waals surface area contributed by atoms with Gasteiger partial charge in [0.05, 0.1) is 13.3 Å². The highest BCUT2D eigenvalue weighted by Crippen LogP contribution is 2.60. The normalized spacial score (nSPS) is 32.1. The van der Waals surface area contributed by atoms with E-state index in [9.17, 15) is 4.79 Å². The lowest BCUT2D eigenvalue weighted by Crippen LogP contribution is -2.42. The summed E-state index contributed by atoms with van der Waals surface area (Å²) in [6.45, 7) is 4.30. The molecule has 29 heavy (non-hydrogen) atoms. The van der Waals surface area contributed by atoms with Gasteiger partial charge >= 0.3 is 0 Å². The van der Waals surface area contributed by atoms with E-state index in [-0.39, 0.29) is 5.41 Å². The van der Waals surface area contributed by atoms with Crippen molar-refractivity contribution in [1.29, 1.82) is 0 Å². The molecule has 1 aromatic heterocycles. The molecule has 152 valence electrons. The van der Waals surface area contributed by atoms with Gasteiger partial charge in [-0.25, -0.2) is 0 Å². The SMILES string of the molecule is COc1ccc2c(c1)CCC1C2CCC2(C)C(=O)/C(=C/c3cnn(C)c3C)CC12. The van der Waals surface area contributed by atoms with E-state index in [0.717, 1.165) is 48.3 Å². The standard InChI is InChI=1S/C25H30N2O2/c1-15-18(14-26-27(15)3)11-17-13-23-22-7-5-16-12-19(29-4)6-8-20(16)21(22)9-10-25(23,2)24(17)28/h6,8,11-12,14,21-23H,5,7,9-10,13H2,1-4H3/b17-11+. The number of methoxy groups -OCH3 is 1. The Morgan fingerprint density at radius 2 is 2.14 bits per heavy atom. The Hall–Kier alpha value is -2.36. The predicted octanol–water partition coefficient (Wildman–Crippen LogP) is 4.86. The van der Waals surface area contributed by atoms with E-state index in [4.69, 9.17) is 4.74 Å². The van der Waals surface area contributed by atoms with E-state index >= 15 is 0 Å². The second-order valence-corrected chi connectivity index (χ2v) is 9.45. The highest BCUT2D eigenvalue weighted by Gasteiger charge is 2.56. The number of benzene rings is 1. The number of fused-ring (bicyclic) bond motifs is 5. The number of aromatic nitrogens is 2. The monoisotopic (exact) mass is 390 g/mol. The van der Waals surface area contributed by atoms with Crippen molar-refractivity contribution >= 4 is 11.9 Å². The first-order chi connectivity index (χ1) is 13.9. The van der Waals surface area contributed by atoms with Crippen molar-refractivity contribution in [2.24, 2.45) is 24.3 Å². The van der Waals surface area contributed by atoms with Crippen LogP contribution >= 0.6 is 0 Å². The summed E-state index contributed by atoms with van der Waals surface area (Å²) in [6.07, 6.45) is 9.29. The number of allylic oxidation sites excluding steroid dienone is 1. The molecule has 1 aromatic carbocycles. The largest absolute Gasteiger partial charge is 0.497 e. The molecule has 2 saturated carbocycles. The number of ketones is 1.